The van der Waals surface area contributed by atoms with Crippen LogP contribution in [0.5, 0.6) is 11.5 Å². The molecule has 4 aromatic rings. The number of amides is 2. The second-order valence-corrected chi connectivity index (χ2v) is 11.7. The predicted octanol–water partition coefficient (Wildman–Crippen LogP) is 4.36. The van der Waals surface area contributed by atoms with Crippen LogP contribution in [-0.2, 0) is 11.3 Å². The molecule has 0 spiro atoms. The number of anilines is 1. The van der Waals surface area contributed by atoms with Crippen molar-refractivity contribution in [1.29, 1.82) is 0 Å². The maximum Gasteiger partial charge on any atom is 0.407 e. The smallest absolute Gasteiger partial charge is 0.407 e. The number of para-hydroxylation sites is 2. The number of aromatic nitrogens is 3. The highest BCUT2D eigenvalue weighted by Gasteiger charge is 2.34. The standard InChI is InChI=1S/C31H33FN6O5/c1-31(2,3)43-30(41)35-19-9-13-37(16-19)26-22(32)15-20-25-28(26)42-24-8-5-4-7-23(24)38(25)17-21(27(20)39)29(40)34-10-6-12-36-14-11-33-18-36/h4-5,7-8,11,14-15,17-19H,6,9-10,12-13,16H2,1-3H3,(H,34,40)(H,35,41). The molecule has 2 aliphatic heterocycles. The van der Waals surface area contributed by atoms with Crippen LogP contribution in [0.4, 0.5) is 14.9 Å². The zero-order chi connectivity index (χ0) is 30.3. The molecule has 2 amide bonds. The summed E-state index contributed by atoms with van der Waals surface area (Å²) in [4.78, 5) is 45.0. The largest absolute Gasteiger partial charge is 0.451 e. The van der Waals surface area contributed by atoms with E-state index in [0.29, 0.717) is 56.0 Å². The van der Waals surface area contributed by atoms with Gasteiger partial charge in [0.2, 0.25) is 5.43 Å². The van der Waals surface area contributed by atoms with Crippen molar-refractivity contribution in [3.8, 4) is 17.2 Å². The quantitative estimate of drug-likeness (QED) is 0.271. The third kappa shape index (κ3) is 5.64. The van der Waals surface area contributed by atoms with Crippen molar-refractivity contribution in [3.05, 3.63) is 76.9 Å². The maximum absolute atomic E-state index is 16.0. The fraction of sp³-hybridized carbons (Fsp3) is 0.355. The van der Waals surface area contributed by atoms with Crippen LogP contribution in [0.15, 0.2) is 60.0 Å². The van der Waals surface area contributed by atoms with E-state index in [9.17, 15) is 14.4 Å². The Balaban J connectivity index is 1.33. The number of fused-ring (bicyclic) bond motifs is 2. The monoisotopic (exact) mass is 588 g/mol. The molecule has 224 valence electrons. The molecule has 2 aromatic carbocycles. The van der Waals surface area contributed by atoms with Crippen molar-refractivity contribution in [1.82, 2.24) is 24.8 Å². The summed E-state index contributed by atoms with van der Waals surface area (Å²) in [5.41, 5.74) is -0.122. The van der Waals surface area contributed by atoms with Crippen LogP contribution < -0.4 is 25.7 Å². The maximum atomic E-state index is 16.0. The number of halogens is 1. The number of ether oxygens (including phenoxy) is 2. The molecule has 0 saturated carbocycles. The summed E-state index contributed by atoms with van der Waals surface area (Å²) in [6, 6.07) is 8.10. The van der Waals surface area contributed by atoms with Gasteiger partial charge in [-0.3, -0.25) is 9.59 Å². The van der Waals surface area contributed by atoms with E-state index in [4.69, 9.17) is 9.47 Å². The minimum absolute atomic E-state index is 0.0412. The van der Waals surface area contributed by atoms with Gasteiger partial charge in [0, 0.05) is 44.8 Å². The number of rotatable bonds is 7. The number of hydrogen-bond acceptors (Lipinski definition) is 7. The third-order valence-electron chi connectivity index (χ3n) is 7.42. The van der Waals surface area contributed by atoms with Gasteiger partial charge in [-0.1, -0.05) is 12.1 Å². The van der Waals surface area contributed by atoms with Crippen molar-refractivity contribution >= 4 is 28.6 Å². The van der Waals surface area contributed by atoms with Crippen LogP contribution in [0, 0.1) is 5.82 Å². The Morgan fingerprint density at radius 2 is 2.05 bits per heavy atom. The van der Waals surface area contributed by atoms with E-state index in [0.717, 1.165) is 0 Å². The lowest BCUT2D eigenvalue weighted by Crippen LogP contribution is -2.40. The summed E-state index contributed by atoms with van der Waals surface area (Å²) in [7, 11) is 0. The molecule has 43 heavy (non-hydrogen) atoms. The number of alkyl carbamates (subject to hydrolysis) is 1. The molecule has 6 rings (SSSR count). The highest BCUT2D eigenvalue weighted by Crippen LogP contribution is 2.47. The van der Waals surface area contributed by atoms with Gasteiger partial charge < -0.3 is 34.1 Å². The van der Waals surface area contributed by atoms with Crippen LogP contribution in [0.3, 0.4) is 0 Å². The topological polar surface area (TPSA) is 120 Å². The molecule has 1 fully saturated rings. The number of carbonyl (C=O) groups is 2. The molecular weight excluding hydrogens is 555 g/mol. The fourth-order valence-corrected chi connectivity index (χ4v) is 5.54. The lowest BCUT2D eigenvalue weighted by Gasteiger charge is -2.29. The van der Waals surface area contributed by atoms with E-state index in [1.807, 2.05) is 22.9 Å². The second kappa shape index (κ2) is 11.1. The summed E-state index contributed by atoms with van der Waals surface area (Å²) in [5, 5.41) is 5.72. The number of hydrogen-bond donors (Lipinski definition) is 2. The lowest BCUT2D eigenvalue weighted by atomic mass is 10.1. The van der Waals surface area contributed by atoms with E-state index in [2.05, 4.69) is 15.6 Å². The molecule has 2 N–H and O–H groups in total. The molecular formula is C31H33FN6O5. The van der Waals surface area contributed by atoms with Gasteiger partial charge in [-0.05, 0) is 51.8 Å². The summed E-state index contributed by atoms with van der Waals surface area (Å²) in [6.07, 6.45) is 7.39. The Labute approximate surface area is 247 Å². The summed E-state index contributed by atoms with van der Waals surface area (Å²) < 4.78 is 31.2. The Hall–Kier alpha value is -4.87. The molecule has 12 heteroatoms. The van der Waals surface area contributed by atoms with Gasteiger partial charge in [-0.15, -0.1) is 0 Å². The van der Waals surface area contributed by atoms with E-state index >= 15 is 4.39 Å². The number of pyridine rings is 1. The van der Waals surface area contributed by atoms with Gasteiger partial charge >= 0.3 is 6.09 Å². The molecule has 0 radical (unpaired) electrons. The Bertz CT molecular complexity index is 1760. The highest BCUT2D eigenvalue weighted by atomic mass is 19.1. The highest BCUT2D eigenvalue weighted by molar-refractivity contribution is 6.01. The molecule has 0 bridgehead atoms. The number of nitrogens with one attached hydrogen (secondary N) is 2. The predicted molar refractivity (Wildman–Crippen MR) is 159 cm³/mol. The molecule has 2 aliphatic rings. The zero-order valence-corrected chi connectivity index (χ0v) is 24.2. The fourth-order valence-electron chi connectivity index (χ4n) is 5.54. The van der Waals surface area contributed by atoms with E-state index in [1.165, 1.54) is 12.3 Å². The van der Waals surface area contributed by atoms with Gasteiger partial charge in [0.1, 0.15) is 22.4 Å². The third-order valence-corrected chi connectivity index (χ3v) is 7.42. The van der Waals surface area contributed by atoms with E-state index < -0.39 is 28.8 Å². The summed E-state index contributed by atoms with van der Waals surface area (Å²) >= 11 is 0. The normalized spacial score (nSPS) is 15.6. The average molecular weight is 589 g/mol. The molecule has 11 nitrogen and oxygen atoms in total. The summed E-state index contributed by atoms with van der Waals surface area (Å²) in [6.45, 7) is 7.14. The zero-order valence-electron chi connectivity index (χ0n) is 24.2. The minimum Gasteiger partial charge on any atom is -0.451 e. The van der Waals surface area contributed by atoms with Crippen LogP contribution in [0.2, 0.25) is 0 Å². The van der Waals surface area contributed by atoms with Crippen molar-refractivity contribution < 1.29 is 23.5 Å². The average Bonchev–Trinajstić information content (AvgIpc) is 3.63. The van der Waals surface area contributed by atoms with E-state index in [-0.39, 0.29) is 28.4 Å². The van der Waals surface area contributed by atoms with Gasteiger partial charge in [0.15, 0.2) is 17.3 Å². The Morgan fingerprint density at radius 3 is 2.81 bits per heavy atom. The van der Waals surface area contributed by atoms with Crippen LogP contribution in [-0.4, -0.2) is 57.4 Å². The minimum atomic E-state index is -0.652. The molecule has 0 aliphatic carbocycles. The molecule has 1 saturated heterocycles. The van der Waals surface area contributed by atoms with E-state index in [1.54, 1.807) is 54.9 Å². The van der Waals surface area contributed by atoms with Gasteiger partial charge in [0.25, 0.3) is 5.91 Å². The van der Waals surface area contributed by atoms with Crippen molar-refractivity contribution in [2.45, 2.75) is 51.8 Å². The SMILES string of the molecule is CC(C)(C)OC(=O)NC1CCN(c2c(F)cc3c(=O)c(C(=O)NCCCn4ccnc4)cn4c3c2Oc2ccccc2-4)C1. The number of imidazole rings is 1. The van der Waals surface area contributed by atoms with Gasteiger partial charge in [-0.25, -0.2) is 14.2 Å². The van der Waals surface area contributed by atoms with Gasteiger partial charge in [-0.2, -0.15) is 0 Å². The molecule has 1 atom stereocenters. The first-order valence-corrected chi connectivity index (χ1v) is 14.3. The first-order valence-electron chi connectivity index (χ1n) is 14.3. The van der Waals surface area contributed by atoms with Crippen molar-refractivity contribution in [3.63, 3.8) is 0 Å². The Kier molecular flexibility index (Phi) is 7.28. The number of carbonyl (C=O) groups excluding carboxylic acids is 2. The van der Waals surface area contributed by atoms with Crippen molar-refractivity contribution in [2.75, 3.05) is 24.5 Å². The Morgan fingerprint density at radius 1 is 1.23 bits per heavy atom. The number of benzene rings is 2. The van der Waals surface area contributed by atoms with Crippen LogP contribution in [0.1, 0.15) is 44.0 Å². The number of aryl methyl sites for hydroxylation is 1. The first-order chi connectivity index (χ1) is 20.6. The van der Waals surface area contributed by atoms with Gasteiger partial charge in [0.05, 0.1) is 23.4 Å². The number of nitrogens with zero attached hydrogens (tertiary/aromatic N) is 4. The first kappa shape index (κ1) is 28.3. The molecule has 4 heterocycles. The van der Waals surface area contributed by atoms with Crippen LogP contribution in [0.25, 0.3) is 16.6 Å². The lowest BCUT2D eigenvalue weighted by molar-refractivity contribution is 0.0508. The molecule has 2 aromatic heterocycles. The second-order valence-electron chi connectivity index (χ2n) is 11.7. The molecule has 1 unspecified atom stereocenters. The van der Waals surface area contributed by atoms with Crippen molar-refractivity contribution in [2.24, 2.45) is 0 Å². The summed E-state index contributed by atoms with van der Waals surface area (Å²) in [5.74, 6) is -0.537. The van der Waals surface area contributed by atoms with Crippen LogP contribution >= 0.6 is 0 Å².